The van der Waals surface area contributed by atoms with Crippen LogP contribution in [0.5, 0.6) is 0 Å². The highest BCUT2D eigenvalue weighted by molar-refractivity contribution is 5.97. The van der Waals surface area contributed by atoms with Gasteiger partial charge in [-0.15, -0.1) is 0 Å². The summed E-state index contributed by atoms with van der Waals surface area (Å²) < 4.78 is 54.1. The molecule has 0 unspecified atom stereocenters. The molecule has 3 N–H and O–H groups in total. The van der Waals surface area contributed by atoms with Crippen molar-refractivity contribution in [3.63, 3.8) is 0 Å². The van der Waals surface area contributed by atoms with Crippen LogP contribution >= 0.6 is 0 Å². The zero-order valence-corrected chi connectivity index (χ0v) is 13.8. The zero-order valence-electron chi connectivity index (χ0n) is 13.8. The highest BCUT2D eigenvalue weighted by Gasteiger charge is 2.44. The molecule has 0 atom stereocenters. The Labute approximate surface area is 147 Å². The van der Waals surface area contributed by atoms with E-state index in [1.165, 1.54) is 16.8 Å². The van der Waals surface area contributed by atoms with Crippen molar-refractivity contribution < 1.29 is 22.4 Å². The number of amides is 1. The highest BCUT2D eigenvalue weighted by atomic mass is 19.4. The van der Waals surface area contributed by atoms with Crippen LogP contribution in [-0.4, -0.2) is 15.7 Å². The number of carbonyl (C=O) groups is 1. The number of nitrogens with two attached hydrogens (primary N) is 1. The molecule has 1 aromatic carbocycles. The molecule has 26 heavy (non-hydrogen) atoms. The van der Waals surface area contributed by atoms with Gasteiger partial charge < -0.3 is 11.1 Å². The lowest BCUT2D eigenvalue weighted by molar-refractivity contribution is -0.138. The van der Waals surface area contributed by atoms with E-state index in [0.29, 0.717) is 12.8 Å². The van der Waals surface area contributed by atoms with E-state index in [-0.39, 0.29) is 17.8 Å². The van der Waals surface area contributed by atoms with Crippen LogP contribution in [-0.2, 0) is 23.1 Å². The van der Waals surface area contributed by atoms with Crippen molar-refractivity contribution in [3.05, 3.63) is 47.5 Å². The van der Waals surface area contributed by atoms with Crippen LogP contribution in [0.4, 0.5) is 23.2 Å². The molecule has 1 aliphatic carbocycles. The average molecular weight is 370 g/mol. The van der Waals surface area contributed by atoms with Crippen LogP contribution in [0.15, 0.2) is 30.6 Å². The molecule has 0 radical (unpaired) electrons. The van der Waals surface area contributed by atoms with E-state index in [9.17, 15) is 22.4 Å². The largest absolute Gasteiger partial charge is 0.416 e. The smallest absolute Gasteiger partial charge is 0.326 e. The fourth-order valence-electron chi connectivity index (χ4n) is 3.40. The zero-order chi connectivity index (χ0) is 18.9. The predicted octanol–water partition coefficient (Wildman–Crippen LogP) is 3.41. The molecular weight excluding hydrogens is 352 g/mol. The summed E-state index contributed by atoms with van der Waals surface area (Å²) in [5.74, 6) is -1.08. The maximum atomic E-state index is 13.4. The summed E-state index contributed by atoms with van der Waals surface area (Å²) in [7, 11) is 0. The molecule has 1 saturated carbocycles. The molecule has 0 saturated heterocycles. The van der Waals surface area contributed by atoms with Gasteiger partial charge in [-0.2, -0.15) is 18.3 Å². The average Bonchev–Trinajstić information content (AvgIpc) is 3.23. The SMILES string of the molecule is NCc1ccc(NC(=O)C2(n3cc(F)cn3)CCCC2)cc1C(F)(F)F. The van der Waals surface area contributed by atoms with Gasteiger partial charge in [-0.1, -0.05) is 18.9 Å². The van der Waals surface area contributed by atoms with E-state index in [4.69, 9.17) is 5.73 Å². The lowest BCUT2D eigenvalue weighted by Gasteiger charge is -2.28. The predicted molar refractivity (Wildman–Crippen MR) is 86.6 cm³/mol. The molecule has 3 rings (SSSR count). The number of alkyl halides is 3. The van der Waals surface area contributed by atoms with Crippen molar-refractivity contribution in [1.82, 2.24) is 9.78 Å². The first-order valence-corrected chi connectivity index (χ1v) is 8.18. The third-order valence-corrected chi connectivity index (χ3v) is 4.74. The molecule has 9 heteroatoms. The van der Waals surface area contributed by atoms with Gasteiger partial charge in [0.05, 0.1) is 18.0 Å². The van der Waals surface area contributed by atoms with E-state index < -0.39 is 29.0 Å². The topological polar surface area (TPSA) is 72.9 Å². The van der Waals surface area contributed by atoms with Gasteiger partial charge in [-0.3, -0.25) is 9.48 Å². The van der Waals surface area contributed by atoms with Crippen molar-refractivity contribution in [2.75, 3.05) is 5.32 Å². The minimum absolute atomic E-state index is 0.0124. The Bertz CT molecular complexity index is 809. The highest BCUT2D eigenvalue weighted by Crippen LogP contribution is 2.38. The third-order valence-electron chi connectivity index (χ3n) is 4.74. The number of benzene rings is 1. The molecule has 0 spiro atoms. The number of aromatic nitrogens is 2. The first kappa shape index (κ1) is 18.4. The summed E-state index contributed by atoms with van der Waals surface area (Å²) in [6.07, 6.45) is -0.0795. The Hall–Kier alpha value is -2.42. The van der Waals surface area contributed by atoms with Gasteiger partial charge in [0, 0.05) is 12.2 Å². The number of hydrogen-bond donors (Lipinski definition) is 2. The van der Waals surface area contributed by atoms with Crippen LogP contribution in [0, 0.1) is 5.82 Å². The number of nitrogens with one attached hydrogen (secondary N) is 1. The molecule has 2 aromatic rings. The number of carbonyl (C=O) groups excluding carboxylic acids is 1. The quantitative estimate of drug-likeness (QED) is 0.810. The van der Waals surface area contributed by atoms with Gasteiger partial charge in [0.1, 0.15) is 5.54 Å². The number of halogens is 4. The Morgan fingerprint density at radius 1 is 1.31 bits per heavy atom. The summed E-state index contributed by atoms with van der Waals surface area (Å²) in [5, 5.41) is 6.43. The Morgan fingerprint density at radius 3 is 2.54 bits per heavy atom. The summed E-state index contributed by atoms with van der Waals surface area (Å²) in [4.78, 5) is 12.9. The molecule has 1 heterocycles. The molecule has 5 nitrogen and oxygen atoms in total. The molecule has 140 valence electrons. The fraction of sp³-hybridized carbons (Fsp3) is 0.412. The molecule has 1 amide bonds. The summed E-state index contributed by atoms with van der Waals surface area (Å²) in [6.45, 7) is -0.264. The monoisotopic (exact) mass is 370 g/mol. The second kappa shape index (κ2) is 6.71. The van der Waals surface area contributed by atoms with E-state index in [2.05, 4.69) is 10.4 Å². The molecular formula is C17H18F4N4O. The van der Waals surface area contributed by atoms with Gasteiger partial charge in [-0.25, -0.2) is 4.39 Å². The number of anilines is 1. The minimum atomic E-state index is -4.58. The second-order valence-electron chi connectivity index (χ2n) is 6.37. The maximum Gasteiger partial charge on any atom is 0.416 e. The molecule has 1 fully saturated rings. The summed E-state index contributed by atoms with van der Waals surface area (Å²) in [6, 6.07) is 3.49. The van der Waals surface area contributed by atoms with Gasteiger partial charge in [-0.05, 0) is 30.5 Å². The van der Waals surface area contributed by atoms with Crippen LogP contribution < -0.4 is 11.1 Å². The van der Waals surface area contributed by atoms with Gasteiger partial charge in [0.15, 0.2) is 5.82 Å². The van der Waals surface area contributed by atoms with E-state index in [0.717, 1.165) is 31.3 Å². The van der Waals surface area contributed by atoms with Gasteiger partial charge >= 0.3 is 6.18 Å². The molecule has 1 aliphatic rings. The first-order chi connectivity index (χ1) is 12.3. The standard InChI is InChI=1S/C17H18F4N4O/c18-12-9-23-25(10-12)16(5-1-2-6-16)15(26)24-13-4-3-11(8-22)14(7-13)17(19,20)21/h3-4,7,9-10H,1-2,5-6,8,22H2,(H,24,26). The Balaban J connectivity index is 1.91. The van der Waals surface area contributed by atoms with Gasteiger partial charge in [0.2, 0.25) is 0 Å². The summed E-state index contributed by atoms with van der Waals surface area (Å²) >= 11 is 0. The normalized spacial score (nSPS) is 16.7. The van der Waals surface area contributed by atoms with E-state index >= 15 is 0 Å². The Morgan fingerprint density at radius 2 is 2.00 bits per heavy atom. The fourth-order valence-corrected chi connectivity index (χ4v) is 3.40. The molecule has 0 aliphatic heterocycles. The maximum absolute atomic E-state index is 13.4. The van der Waals surface area contributed by atoms with Crippen LogP contribution in [0.2, 0.25) is 0 Å². The van der Waals surface area contributed by atoms with E-state index in [1.54, 1.807) is 0 Å². The summed E-state index contributed by atoms with van der Waals surface area (Å²) in [5.41, 5.74) is 3.33. The number of nitrogens with zero attached hydrogens (tertiary/aromatic N) is 2. The minimum Gasteiger partial charge on any atom is -0.326 e. The lowest BCUT2D eigenvalue weighted by Crippen LogP contribution is -2.43. The van der Waals surface area contributed by atoms with Crippen molar-refractivity contribution in [2.45, 2.75) is 43.9 Å². The first-order valence-electron chi connectivity index (χ1n) is 8.18. The lowest BCUT2D eigenvalue weighted by atomic mass is 9.96. The number of hydrogen-bond acceptors (Lipinski definition) is 3. The molecule has 0 bridgehead atoms. The van der Waals surface area contributed by atoms with E-state index in [1.807, 2.05) is 0 Å². The second-order valence-corrected chi connectivity index (χ2v) is 6.37. The Kier molecular flexibility index (Phi) is 4.74. The van der Waals surface area contributed by atoms with Crippen LogP contribution in [0.25, 0.3) is 0 Å². The van der Waals surface area contributed by atoms with Crippen molar-refractivity contribution in [1.29, 1.82) is 0 Å². The van der Waals surface area contributed by atoms with Gasteiger partial charge in [0.25, 0.3) is 5.91 Å². The third kappa shape index (κ3) is 3.31. The van der Waals surface area contributed by atoms with Crippen molar-refractivity contribution in [3.8, 4) is 0 Å². The van der Waals surface area contributed by atoms with Crippen molar-refractivity contribution in [2.24, 2.45) is 5.73 Å². The van der Waals surface area contributed by atoms with Crippen LogP contribution in [0.1, 0.15) is 36.8 Å². The van der Waals surface area contributed by atoms with Crippen LogP contribution in [0.3, 0.4) is 0 Å². The number of rotatable bonds is 4. The molecule has 1 aromatic heterocycles. The van der Waals surface area contributed by atoms with Crippen molar-refractivity contribution >= 4 is 11.6 Å².